The number of aromatic carboxylic acids is 1. The molecule has 0 saturated carbocycles. The number of fused-ring (bicyclic) bond motifs is 2. The van der Waals surface area contributed by atoms with E-state index in [4.69, 9.17) is 9.47 Å². The molecule has 3 heterocycles. The summed E-state index contributed by atoms with van der Waals surface area (Å²) in [6, 6.07) is 10.6. The van der Waals surface area contributed by atoms with Gasteiger partial charge in [-0.15, -0.1) is 0 Å². The number of hydrogen-bond donors (Lipinski definition) is 1. The van der Waals surface area contributed by atoms with E-state index in [1.165, 1.54) is 0 Å². The highest BCUT2D eigenvalue weighted by Gasteiger charge is 2.23. The third-order valence-corrected chi connectivity index (χ3v) is 4.06. The van der Waals surface area contributed by atoms with Crippen LogP contribution < -0.4 is 9.47 Å². The van der Waals surface area contributed by atoms with Crippen molar-refractivity contribution in [3.63, 3.8) is 0 Å². The molecule has 0 unspecified atom stereocenters. The second kappa shape index (κ2) is 4.74. The van der Waals surface area contributed by atoms with E-state index in [9.17, 15) is 9.90 Å². The van der Waals surface area contributed by atoms with E-state index in [0.29, 0.717) is 33.0 Å². The summed E-state index contributed by atoms with van der Waals surface area (Å²) in [6.07, 6.45) is 0. The van der Waals surface area contributed by atoms with E-state index in [1.807, 2.05) is 6.07 Å². The van der Waals surface area contributed by atoms with E-state index >= 15 is 0 Å². The Morgan fingerprint density at radius 3 is 2.86 bits per heavy atom. The van der Waals surface area contributed by atoms with E-state index in [-0.39, 0.29) is 12.5 Å². The predicted molar refractivity (Wildman–Crippen MR) is 81.4 cm³/mol. The van der Waals surface area contributed by atoms with Crippen LogP contribution in [0.25, 0.3) is 16.9 Å². The molecule has 0 saturated heterocycles. The van der Waals surface area contributed by atoms with Gasteiger partial charge in [0, 0.05) is 5.56 Å². The first kappa shape index (κ1) is 13.1. The third kappa shape index (κ3) is 1.86. The number of imidazole rings is 1. The zero-order chi connectivity index (χ0) is 15.3. The lowest BCUT2D eigenvalue weighted by molar-refractivity contribution is 0.0690. The summed E-state index contributed by atoms with van der Waals surface area (Å²) in [5.41, 5.74) is 1.70. The van der Waals surface area contributed by atoms with Gasteiger partial charge in [0.15, 0.2) is 17.2 Å². The van der Waals surface area contributed by atoms with Crippen molar-refractivity contribution >= 4 is 27.5 Å². The number of rotatable bonds is 2. The third-order valence-electron chi connectivity index (χ3n) is 3.44. The first-order chi connectivity index (χ1) is 10.6. The molecule has 0 amide bonds. The molecule has 3 aromatic rings. The molecule has 1 aliphatic heterocycles. The molecule has 0 radical (unpaired) electrons. The molecule has 4 rings (SSSR count). The molecule has 1 aliphatic rings. The van der Waals surface area contributed by atoms with E-state index in [1.54, 1.807) is 34.7 Å². The molecule has 2 aromatic heterocycles. The quantitative estimate of drug-likeness (QED) is 0.710. The van der Waals surface area contributed by atoms with Crippen LogP contribution in [-0.2, 0) is 0 Å². The first-order valence-electron chi connectivity index (χ1n) is 6.45. The second-order valence-corrected chi connectivity index (χ2v) is 5.54. The van der Waals surface area contributed by atoms with Crippen molar-refractivity contribution < 1.29 is 19.4 Å². The first-order valence-corrected chi connectivity index (χ1v) is 7.25. The van der Waals surface area contributed by atoms with Crippen molar-refractivity contribution in [3.05, 3.63) is 46.7 Å². The molecule has 0 spiro atoms. The largest absolute Gasteiger partial charge is 0.476 e. The van der Waals surface area contributed by atoms with Crippen LogP contribution in [-0.4, -0.2) is 27.3 Å². The van der Waals surface area contributed by atoms with Gasteiger partial charge in [-0.2, -0.15) is 0 Å². The molecule has 0 fully saturated rings. The number of carboxylic acids is 1. The van der Waals surface area contributed by atoms with Gasteiger partial charge in [0.1, 0.15) is 11.3 Å². The molecular weight excluding hydrogens is 352 g/mol. The van der Waals surface area contributed by atoms with Crippen LogP contribution in [0.1, 0.15) is 10.5 Å². The Hall–Kier alpha value is -2.54. The van der Waals surface area contributed by atoms with Crippen molar-refractivity contribution in [3.8, 4) is 22.8 Å². The molecule has 1 aromatic carbocycles. The Morgan fingerprint density at radius 2 is 2.05 bits per heavy atom. The predicted octanol–water partition coefficient (Wildman–Crippen LogP) is 3.19. The van der Waals surface area contributed by atoms with Gasteiger partial charge in [0.25, 0.3) is 0 Å². The normalized spacial score (nSPS) is 12.8. The van der Waals surface area contributed by atoms with Crippen molar-refractivity contribution in [2.24, 2.45) is 0 Å². The van der Waals surface area contributed by atoms with Crippen LogP contribution in [0.3, 0.4) is 0 Å². The summed E-state index contributed by atoms with van der Waals surface area (Å²) >= 11 is 3.37. The molecule has 1 N–H and O–H groups in total. The summed E-state index contributed by atoms with van der Waals surface area (Å²) in [7, 11) is 0. The van der Waals surface area contributed by atoms with Gasteiger partial charge in [-0.25, -0.2) is 9.78 Å². The van der Waals surface area contributed by atoms with Crippen LogP contribution in [0.15, 0.2) is 41.0 Å². The number of ether oxygens (including phenoxy) is 2. The number of hydrogen-bond acceptors (Lipinski definition) is 4. The number of carboxylic acid groups (broad SMARTS) is 1. The molecule has 0 bridgehead atoms. The van der Waals surface area contributed by atoms with E-state index in [0.717, 1.165) is 0 Å². The molecule has 0 aliphatic carbocycles. The Kier molecular flexibility index (Phi) is 2.83. The molecule has 7 heteroatoms. The summed E-state index contributed by atoms with van der Waals surface area (Å²) < 4.78 is 12.8. The fourth-order valence-electron chi connectivity index (χ4n) is 2.50. The molecule has 6 nitrogen and oxygen atoms in total. The minimum absolute atomic E-state index is 0.0985. The van der Waals surface area contributed by atoms with Crippen LogP contribution >= 0.6 is 15.9 Å². The molecular formula is C15H9BrN2O4. The maximum Gasteiger partial charge on any atom is 0.355 e. The average molecular weight is 361 g/mol. The van der Waals surface area contributed by atoms with Gasteiger partial charge in [0.05, 0.1) is 4.60 Å². The summed E-state index contributed by atoms with van der Waals surface area (Å²) in [5, 5.41) is 9.59. The number of halogens is 1. The van der Waals surface area contributed by atoms with E-state index < -0.39 is 5.97 Å². The number of aromatic nitrogens is 2. The summed E-state index contributed by atoms with van der Waals surface area (Å²) in [6.45, 7) is 0.168. The molecule has 110 valence electrons. The summed E-state index contributed by atoms with van der Waals surface area (Å²) in [4.78, 5) is 16.2. The van der Waals surface area contributed by atoms with E-state index in [2.05, 4.69) is 20.9 Å². The Morgan fingerprint density at radius 1 is 1.23 bits per heavy atom. The van der Waals surface area contributed by atoms with Crippen molar-refractivity contribution in [2.75, 3.05) is 6.79 Å². The number of nitrogens with zero attached hydrogens (tertiary/aromatic N) is 2. The minimum atomic E-state index is -1.05. The fourth-order valence-corrected chi connectivity index (χ4v) is 3.01. The lowest BCUT2D eigenvalue weighted by atomic mass is 10.1. The Labute approximate surface area is 133 Å². The van der Waals surface area contributed by atoms with Gasteiger partial charge < -0.3 is 14.6 Å². The zero-order valence-electron chi connectivity index (χ0n) is 11.1. The number of pyridine rings is 1. The lowest BCUT2D eigenvalue weighted by Gasteiger charge is -2.03. The van der Waals surface area contributed by atoms with Gasteiger partial charge >= 0.3 is 5.97 Å². The number of benzene rings is 1. The minimum Gasteiger partial charge on any atom is -0.476 e. The van der Waals surface area contributed by atoms with Crippen molar-refractivity contribution in [1.29, 1.82) is 0 Å². The fraction of sp³-hybridized carbons (Fsp3) is 0.0667. The highest BCUT2D eigenvalue weighted by atomic mass is 79.9. The number of carbonyl (C=O) groups is 1. The monoisotopic (exact) mass is 360 g/mol. The highest BCUT2D eigenvalue weighted by molar-refractivity contribution is 9.10. The van der Waals surface area contributed by atoms with Gasteiger partial charge in [-0.3, -0.25) is 4.40 Å². The standard InChI is InChI=1S/C15H9BrN2O4/c16-11-2-1-3-12-17-13(14(15(19)20)18(11)12)8-4-5-9-10(6-8)22-7-21-9/h1-6H,7H2,(H,19,20). The lowest BCUT2D eigenvalue weighted by Crippen LogP contribution is -2.04. The van der Waals surface area contributed by atoms with Gasteiger partial charge in [-0.1, -0.05) is 6.07 Å². The average Bonchev–Trinajstić information content (AvgIpc) is 3.10. The maximum absolute atomic E-state index is 11.7. The maximum atomic E-state index is 11.7. The van der Waals surface area contributed by atoms with Gasteiger partial charge in [-0.05, 0) is 46.3 Å². The van der Waals surface area contributed by atoms with Crippen molar-refractivity contribution in [1.82, 2.24) is 9.38 Å². The van der Waals surface area contributed by atoms with Crippen LogP contribution in [0.2, 0.25) is 0 Å². The van der Waals surface area contributed by atoms with Gasteiger partial charge in [0.2, 0.25) is 6.79 Å². The molecule has 0 atom stereocenters. The second-order valence-electron chi connectivity index (χ2n) is 4.72. The van der Waals surface area contributed by atoms with Crippen molar-refractivity contribution in [2.45, 2.75) is 0 Å². The van der Waals surface area contributed by atoms with Crippen LogP contribution in [0, 0.1) is 0 Å². The van der Waals surface area contributed by atoms with Crippen LogP contribution in [0.5, 0.6) is 11.5 Å². The highest BCUT2D eigenvalue weighted by Crippen LogP contribution is 2.37. The zero-order valence-corrected chi connectivity index (χ0v) is 12.7. The Bertz CT molecular complexity index is 919. The Balaban J connectivity index is 2.00. The SMILES string of the molecule is O=C(O)c1c(-c2ccc3c(c2)OCO3)nc2cccc(Br)n12. The summed E-state index contributed by atoms with van der Waals surface area (Å²) in [5.74, 6) is 0.183. The topological polar surface area (TPSA) is 73.1 Å². The molecule has 22 heavy (non-hydrogen) atoms. The smallest absolute Gasteiger partial charge is 0.355 e. The van der Waals surface area contributed by atoms with Crippen LogP contribution in [0.4, 0.5) is 0 Å².